The van der Waals surface area contributed by atoms with Crippen molar-refractivity contribution in [1.29, 1.82) is 0 Å². The third kappa shape index (κ3) is 7.47. The van der Waals surface area contributed by atoms with Gasteiger partial charge in [0.1, 0.15) is 0 Å². The number of halogens is 1. The van der Waals surface area contributed by atoms with Crippen molar-refractivity contribution in [3.63, 3.8) is 0 Å². The molecule has 0 N–H and O–H groups in total. The standard InChI is InChI=1S/C39H26NOP.C27H16BrN/c41-42(33-12-3-1-4-13-33,34-14-5-2-6-15-34)35-24-31(30-11-8-22-40-26-30)23-32(25-35)36-20-18-29-17-16-27-9-7-10-28-19-21-37(36)39(29)38(27)28;28-23-14-21(20-5-2-12-29-16-20)13-22(15-23)24-10-8-19-7-6-17-3-1-4-18-9-11-25(24)27(19)26(17)18/h1-26H;1-16H. The monoisotopic (exact) mass is 988 g/mol. The smallest absolute Gasteiger partial charge is 0.171 e. The van der Waals surface area contributed by atoms with Gasteiger partial charge in [0.2, 0.25) is 0 Å². The summed E-state index contributed by atoms with van der Waals surface area (Å²) < 4.78 is 16.6. The number of nitrogens with zero attached hydrogens (tertiary/aromatic N) is 2. The van der Waals surface area contributed by atoms with Gasteiger partial charge in [-0.3, -0.25) is 9.97 Å². The number of aromatic nitrogens is 2. The quantitative estimate of drug-likeness (QED) is 0.118. The van der Waals surface area contributed by atoms with Crippen LogP contribution in [0, 0.1) is 0 Å². The molecule has 0 atom stereocenters. The van der Waals surface area contributed by atoms with Gasteiger partial charge >= 0.3 is 0 Å². The van der Waals surface area contributed by atoms with Crippen molar-refractivity contribution in [2.24, 2.45) is 0 Å². The first-order chi connectivity index (χ1) is 35.0. The first-order valence-electron chi connectivity index (χ1n) is 23.8. The normalized spacial score (nSPS) is 11.8. The van der Waals surface area contributed by atoms with Crippen LogP contribution in [0.25, 0.3) is 109 Å². The maximum absolute atomic E-state index is 15.5. The molecule has 14 rings (SSSR count). The highest BCUT2D eigenvalue weighted by molar-refractivity contribution is 9.10. The Bertz CT molecular complexity index is 4240. The number of hydrogen-bond acceptors (Lipinski definition) is 3. The average Bonchev–Trinajstić information content (AvgIpc) is 3.44. The van der Waals surface area contributed by atoms with Gasteiger partial charge in [-0.25, -0.2) is 0 Å². The van der Waals surface area contributed by atoms with E-state index in [4.69, 9.17) is 0 Å². The highest BCUT2D eigenvalue weighted by Crippen LogP contribution is 2.46. The van der Waals surface area contributed by atoms with Gasteiger partial charge in [0.25, 0.3) is 0 Å². The molecule has 0 radical (unpaired) electrons. The lowest BCUT2D eigenvalue weighted by molar-refractivity contribution is 0.592. The van der Waals surface area contributed by atoms with Crippen molar-refractivity contribution < 1.29 is 4.57 Å². The second-order valence-electron chi connectivity index (χ2n) is 18.2. The zero-order valence-electron chi connectivity index (χ0n) is 38.4. The molecule has 0 saturated heterocycles. The maximum atomic E-state index is 15.5. The van der Waals surface area contributed by atoms with Crippen LogP contribution in [0.2, 0.25) is 0 Å². The summed E-state index contributed by atoms with van der Waals surface area (Å²) in [6.45, 7) is 0. The largest absolute Gasteiger partial charge is 0.309 e. The van der Waals surface area contributed by atoms with E-state index in [-0.39, 0.29) is 0 Å². The molecule has 0 aliphatic heterocycles. The topological polar surface area (TPSA) is 42.9 Å². The Balaban J connectivity index is 0.000000148. The second kappa shape index (κ2) is 17.6. The minimum absolute atomic E-state index is 0.807. The van der Waals surface area contributed by atoms with E-state index in [0.29, 0.717) is 0 Å². The predicted octanol–water partition coefficient (Wildman–Crippen LogP) is 17.0. The molecule has 71 heavy (non-hydrogen) atoms. The summed E-state index contributed by atoms with van der Waals surface area (Å²) in [6, 6.07) is 80.7. The van der Waals surface area contributed by atoms with Crippen LogP contribution < -0.4 is 15.9 Å². The lowest BCUT2D eigenvalue weighted by Gasteiger charge is -2.22. The van der Waals surface area contributed by atoms with Gasteiger partial charge in [0, 0.05) is 56.3 Å². The predicted molar refractivity (Wildman–Crippen MR) is 305 cm³/mol. The number of benzene rings is 12. The van der Waals surface area contributed by atoms with E-state index >= 15 is 4.57 Å². The number of hydrogen-bond donors (Lipinski definition) is 0. The van der Waals surface area contributed by atoms with Crippen LogP contribution >= 0.6 is 23.1 Å². The summed E-state index contributed by atoms with van der Waals surface area (Å²) in [4.78, 5) is 8.69. The fraction of sp³-hybridized carbons (Fsp3) is 0. The fourth-order valence-corrected chi connectivity index (χ4v) is 14.0. The Kier molecular flexibility index (Phi) is 10.6. The lowest BCUT2D eigenvalue weighted by Crippen LogP contribution is -2.25. The van der Waals surface area contributed by atoms with Gasteiger partial charge in [-0.2, -0.15) is 0 Å². The van der Waals surface area contributed by atoms with E-state index in [1.54, 1.807) is 6.20 Å². The minimum atomic E-state index is -3.21. The molecule has 0 amide bonds. The molecule has 2 heterocycles. The van der Waals surface area contributed by atoms with Crippen LogP contribution in [0.5, 0.6) is 0 Å². The van der Waals surface area contributed by atoms with Crippen molar-refractivity contribution in [2.75, 3.05) is 0 Å². The van der Waals surface area contributed by atoms with Crippen LogP contribution in [-0.2, 0) is 4.57 Å². The van der Waals surface area contributed by atoms with Crippen molar-refractivity contribution in [1.82, 2.24) is 9.97 Å². The average molecular weight is 990 g/mol. The van der Waals surface area contributed by atoms with Crippen LogP contribution in [0.15, 0.2) is 260 Å². The minimum Gasteiger partial charge on any atom is -0.309 e. The molecule has 0 spiro atoms. The molecule has 5 heteroatoms. The van der Waals surface area contributed by atoms with Gasteiger partial charge in [-0.05, 0) is 147 Å². The van der Waals surface area contributed by atoms with Crippen LogP contribution in [0.1, 0.15) is 0 Å². The molecule has 14 aromatic rings. The highest BCUT2D eigenvalue weighted by Gasteiger charge is 2.31. The van der Waals surface area contributed by atoms with Crippen LogP contribution in [0.4, 0.5) is 0 Å². The Labute approximate surface area is 419 Å². The van der Waals surface area contributed by atoms with Crippen molar-refractivity contribution in [3.05, 3.63) is 260 Å². The SMILES string of the molecule is Brc1cc(-c2cccnc2)cc(-c2ccc3ccc4cccc5ccc2c3c45)c1.O=P(c1ccccc1)(c1ccccc1)c1cc(-c2cccnc2)cc(-c2ccc3ccc4cccc5ccc2c3c45)c1. The van der Waals surface area contributed by atoms with E-state index in [9.17, 15) is 0 Å². The van der Waals surface area contributed by atoms with Gasteiger partial charge in [0.15, 0.2) is 7.14 Å². The Morgan fingerprint density at radius 1 is 0.310 bits per heavy atom. The molecule has 0 unspecified atom stereocenters. The summed E-state index contributed by atoms with van der Waals surface area (Å²) >= 11 is 3.72. The Morgan fingerprint density at radius 3 is 1.17 bits per heavy atom. The van der Waals surface area contributed by atoms with Crippen LogP contribution in [0.3, 0.4) is 0 Å². The zero-order chi connectivity index (χ0) is 47.5. The van der Waals surface area contributed by atoms with E-state index in [2.05, 4.69) is 184 Å². The maximum Gasteiger partial charge on any atom is 0.171 e. The van der Waals surface area contributed by atoms with E-state index in [1.165, 1.54) is 75.8 Å². The molecule has 0 aliphatic carbocycles. The van der Waals surface area contributed by atoms with Crippen molar-refractivity contribution >= 4 is 104 Å². The molecular weight excluding hydrogens is 948 g/mol. The molecule has 0 bridgehead atoms. The molecule has 0 fully saturated rings. The summed E-state index contributed by atoms with van der Waals surface area (Å²) in [6.07, 6.45) is 7.38. The molecule has 12 aromatic carbocycles. The number of pyridine rings is 2. The van der Waals surface area contributed by atoms with Gasteiger partial charge in [-0.15, -0.1) is 0 Å². The summed E-state index contributed by atoms with van der Waals surface area (Å²) in [5.74, 6) is 0. The van der Waals surface area contributed by atoms with Gasteiger partial charge in [-0.1, -0.05) is 198 Å². The lowest BCUT2D eigenvalue weighted by atomic mass is 9.89. The van der Waals surface area contributed by atoms with E-state index in [0.717, 1.165) is 53.8 Å². The second-order valence-corrected chi connectivity index (χ2v) is 21.9. The molecule has 0 saturated carbocycles. The van der Waals surface area contributed by atoms with Crippen molar-refractivity contribution in [3.8, 4) is 44.5 Å². The third-order valence-corrected chi connectivity index (χ3v) is 17.6. The van der Waals surface area contributed by atoms with Gasteiger partial charge < -0.3 is 4.57 Å². The Morgan fingerprint density at radius 2 is 0.704 bits per heavy atom. The molecule has 334 valence electrons. The number of rotatable bonds is 7. The highest BCUT2D eigenvalue weighted by atomic mass is 79.9. The van der Waals surface area contributed by atoms with Crippen LogP contribution in [-0.4, -0.2) is 9.97 Å². The fourth-order valence-electron chi connectivity index (χ4n) is 10.8. The molecule has 3 nitrogen and oxygen atoms in total. The third-order valence-electron chi connectivity index (χ3n) is 14.1. The molecule has 2 aromatic heterocycles. The zero-order valence-corrected chi connectivity index (χ0v) is 40.9. The van der Waals surface area contributed by atoms with E-state index < -0.39 is 7.14 Å². The first-order valence-corrected chi connectivity index (χ1v) is 26.3. The van der Waals surface area contributed by atoms with E-state index in [1.807, 2.05) is 91.4 Å². The molecular formula is C66H42BrN2OP. The first kappa shape index (κ1) is 42.8. The summed E-state index contributed by atoms with van der Waals surface area (Å²) in [5.41, 5.74) is 8.88. The summed E-state index contributed by atoms with van der Waals surface area (Å²) in [7, 11) is -3.21. The molecule has 0 aliphatic rings. The summed E-state index contributed by atoms with van der Waals surface area (Å²) in [5, 5.41) is 17.8. The van der Waals surface area contributed by atoms with Crippen molar-refractivity contribution in [2.45, 2.75) is 0 Å². The Hall–Kier alpha value is -8.27. The van der Waals surface area contributed by atoms with Gasteiger partial charge in [0.05, 0.1) is 0 Å².